The van der Waals surface area contributed by atoms with Crippen molar-refractivity contribution >= 4 is 27.1 Å². The van der Waals surface area contributed by atoms with Gasteiger partial charge in [-0.15, -0.1) is 11.3 Å². The van der Waals surface area contributed by atoms with Gasteiger partial charge in [0, 0.05) is 5.56 Å². The van der Waals surface area contributed by atoms with Crippen LogP contribution in [-0.2, 0) is 14.6 Å². The van der Waals surface area contributed by atoms with Crippen LogP contribution >= 0.6 is 11.3 Å². The molecule has 2 aromatic rings. The summed E-state index contributed by atoms with van der Waals surface area (Å²) >= 11 is 1.16. The number of esters is 1. The zero-order valence-electron chi connectivity index (χ0n) is 10.0. The lowest BCUT2D eigenvalue weighted by molar-refractivity contribution is 0.0532. The molecule has 19 heavy (non-hydrogen) atoms. The summed E-state index contributed by atoms with van der Waals surface area (Å²) in [7, 11) is -3.49. The molecule has 0 N–H and O–H groups in total. The largest absolute Gasteiger partial charge is 0.462 e. The van der Waals surface area contributed by atoms with Crippen LogP contribution in [0.15, 0.2) is 40.1 Å². The Bertz CT molecular complexity index is 772. The van der Waals surface area contributed by atoms with Crippen LogP contribution < -0.4 is 0 Å². The van der Waals surface area contributed by atoms with E-state index in [-0.39, 0.29) is 11.5 Å². The van der Waals surface area contributed by atoms with Gasteiger partial charge in [0.15, 0.2) is 0 Å². The topological polar surface area (TPSA) is 60.4 Å². The number of fused-ring (bicyclic) bond motifs is 3. The summed E-state index contributed by atoms with van der Waals surface area (Å²) in [5.74, 6) is -0.477. The quantitative estimate of drug-likeness (QED) is 0.682. The van der Waals surface area contributed by atoms with Crippen LogP contribution in [0.25, 0.3) is 10.4 Å². The summed E-state index contributed by atoms with van der Waals surface area (Å²) in [5.41, 5.74) is 0.665. The molecule has 0 aliphatic carbocycles. The number of ether oxygens (including phenoxy) is 1. The molecule has 2 heterocycles. The number of rotatable bonds is 2. The predicted molar refractivity (Wildman–Crippen MR) is 71.2 cm³/mol. The SMILES string of the molecule is CCOC(=O)c1cc2c(s1)-c1ccccc1S2(=O)=O. The van der Waals surface area contributed by atoms with Gasteiger partial charge in [-0.2, -0.15) is 0 Å². The van der Waals surface area contributed by atoms with Crippen LogP contribution in [0.4, 0.5) is 0 Å². The van der Waals surface area contributed by atoms with Crippen molar-refractivity contribution in [1.29, 1.82) is 0 Å². The molecule has 0 amide bonds. The highest BCUT2D eigenvalue weighted by Crippen LogP contribution is 2.47. The second-order valence-electron chi connectivity index (χ2n) is 4.02. The van der Waals surface area contributed by atoms with Gasteiger partial charge in [-0.1, -0.05) is 18.2 Å². The third-order valence-corrected chi connectivity index (χ3v) is 6.00. The number of benzene rings is 1. The van der Waals surface area contributed by atoms with E-state index >= 15 is 0 Å². The number of hydrogen-bond acceptors (Lipinski definition) is 5. The zero-order chi connectivity index (χ0) is 13.6. The summed E-state index contributed by atoms with van der Waals surface area (Å²) in [4.78, 5) is 13.1. The average Bonchev–Trinajstić information content (AvgIpc) is 2.91. The van der Waals surface area contributed by atoms with Gasteiger partial charge >= 0.3 is 5.97 Å². The van der Waals surface area contributed by atoms with E-state index < -0.39 is 15.8 Å². The van der Waals surface area contributed by atoms with Gasteiger partial charge in [-0.05, 0) is 19.1 Å². The molecular weight excluding hydrogens is 284 g/mol. The van der Waals surface area contributed by atoms with Crippen molar-refractivity contribution in [2.45, 2.75) is 16.7 Å². The van der Waals surface area contributed by atoms with Gasteiger partial charge in [0.25, 0.3) is 0 Å². The van der Waals surface area contributed by atoms with Crippen LogP contribution in [0.5, 0.6) is 0 Å². The van der Waals surface area contributed by atoms with Gasteiger partial charge in [-0.3, -0.25) is 0 Å². The minimum atomic E-state index is -3.49. The first kappa shape index (κ1) is 12.4. The molecule has 0 unspecified atom stereocenters. The lowest BCUT2D eigenvalue weighted by Crippen LogP contribution is -2.02. The number of sulfone groups is 1. The highest BCUT2D eigenvalue weighted by atomic mass is 32.2. The Kier molecular flexibility index (Phi) is 2.72. The molecular formula is C13H10O4S2. The van der Waals surface area contributed by atoms with E-state index in [1.54, 1.807) is 31.2 Å². The lowest BCUT2D eigenvalue weighted by Gasteiger charge is -1.99. The number of carbonyl (C=O) groups is 1. The summed E-state index contributed by atoms with van der Waals surface area (Å²) in [6, 6.07) is 8.23. The molecule has 0 bridgehead atoms. The molecule has 1 aromatic heterocycles. The maximum absolute atomic E-state index is 12.3. The Morgan fingerprint density at radius 3 is 2.74 bits per heavy atom. The molecule has 0 fully saturated rings. The normalized spacial score (nSPS) is 14.8. The Hall–Kier alpha value is -1.66. The molecule has 6 heteroatoms. The second-order valence-corrected chi connectivity index (χ2v) is 6.96. The smallest absolute Gasteiger partial charge is 0.348 e. The molecule has 0 saturated carbocycles. The summed E-state index contributed by atoms with van der Waals surface area (Å²) in [6.07, 6.45) is 0. The summed E-state index contributed by atoms with van der Waals surface area (Å²) in [6.45, 7) is 1.98. The first-order valence-electron chi connectivity index (χ1n) is 5.71. The molecule has 0 radical (unpaired) electrons. The van der Waals surface area contributed by atoms with Gasteiger partial charge in [0.1, 0.15) is 4.88 Å². The van der Waals surface area contributed by atoms with E-state index in [2.05, 4.69) is 0 Å². The summed E-state index contributed by atoms with van der Waals surface area (Å²) in [5, 5.41) is 0. The lowest BCUT2D eigenvalue weighted by atomic mass is 10.2. The third kappa shape index (κ3) is 1.71. The maximum Gasteiger partial charge on any atom is 0.348 e. The fraction of sp³-hybridized carbons (Fsp3) is 0.154. The van der Waals surface area contributed by atoms with Crippen LogP contribution in [0.3, 0.4) is 0 Å². The Labute approximate surface area is 114 Å². The Morgan fingerprint density at radius 2 is 2.00 bits per heavy atom. The molecule has 98 valence electrons. The van der Waals surface area contributed by atoms with E-state index in [0.717, 1.165) is 11.3 Å². The molecule has 3 rings (SSSR count). The minimum Gasteiger partial charge on any atom is -0.462 e. The minimum absolute atomic E-state index is 0.210. The fourth-order valence-corrected chi connectivity index (χ4v) is 5.23. The summed E-state index contributed by atoms with van der Waals surface area (Å²) < 4.78 is 29.5. The van der Waals surface area contributed by atoms with Gasteiger partial charge in [0.05, 0.1) is 21.3 Å². The van der Waals surface area contributed by atoms with Gasteiger partial charge in [0.2, 0.25) is 9.84 Å². The van der Waals surface area contributed by atoms with Crippen molar-refractivity contribution in [2.75, 3.05) is 6.61 Å². The second kappa shape index (κ2) is 4.18. The van der Waals surface area contributed by atoms with Crippen molar-refractivity contribution in [3.8, 4) is 10.4 Å². The van der Waals surface area contributed by atoms with Crippen LogP contribution in [0.2, 0.25) is 0 Å². The van der Waals surface area contributed by atoms with Gasteiger partial charge < -0.3 is 4.74 Å². The highest BCUT2D eigenvalue weighted by Gasteiger charge is 2.35. The van der Waals surface area contributed by atoms with Crippen LogP contribution in [-0.4, -0.2) is 21.0 Å². The van der Waals surface area contributed by atoms with E-state index in [1.165, 1.54) is 6.07 Å². The van der Waals surface area contributed by atoms with Crippen molar-refractivity contribution in [2.24, 2.45) is 0 Å². The van der Waals surface area contributed by atoms with E-state index in [1.807, 2.05) is 0 Å². The molecule has 4 nitrogen and oxygen atoms in total. The molecule has 0 atom stereocenters. The standard InChI is InChI=1S/C13H10O4S2/c1-2-17-13(14)9-7-11-12(18-9)8-5-3-4-6-10(8)19(11,15)16/h3-7H,2H2,1H3. The van der Waals surface area contributed by atoms with Crippen LogP contribution in [0, 0.1) is 0 Å². The molecule has 1 aromatic carbocycles. The molecule has 0 spiro atoms. The average molecular weight is 294 g/mol. The monoisotopic (exact) mass is 294 g/mol. The Balaban J connectivity index is 2.20. The Morgan fingerprint density at radius 1 is 1.26 bits per heavy atom. The van der Waals surface area contributed by atoms with E-state index in [9.17, 15) is 13.2 Å². The van der Waals surface area contributed by atoms with Gasteiger partial charge in [-0.25, -0.2) is 13.2 Å². The predicted octanol–water partition coefficient (Wildman–Crippen LogP) is 2.74. The van der Waals surface area contributed by atoms with Crippen molar-refractivity contribution in [3.63, 3.8) is 0 Å². The number of thiophene rings is 1. The molecule has 1 aliphatic rings. The first-order valence-corrected chi connectivity index (χ1v) is 8.01. The number of carbonyl (C=O) groups excluding carboxylic acids is 1. The molecule has 1 aliphatic heterocycles. The third-order valence-electron chi connectivity index (χ3n) is 2.89. The first-order chi connectivity index (χ1) is 9.05. The fourth-order valence-electron chi connectivity index (χ4n) is 2.07. The highest BCUT2D eigenvalue weighted by molar-refractivity contribution is 7.92. The van der Waals surface area contributed by atoms with E-state index in [0.29, 0.717) is 20.2 Å². The van der Waals surface area contributed by atoms with Crippen molar-refractivity contribution in [1.82, 2.24) is 0 Å². The molecule has 0 saturated heterocycles. The maximum atomic E-state index is 12.3. The van der Waals surface area contributed by atoms with Crippen LogP contribution in [0.1, 0.15) is 16.6 Å². The van der Waals surface area contributed by atoms with E-state index in [4.69, 9.17) is 4.74 Å². The number of hydrogen-bond donors (Lipinski definition) is 0. The van der Waals surface area contributed by atoms with Crippen molar-refractivity contribution < 1.29 is 17.9 Å². The van der Waals surface area contributed by atoms with Crippen molar-refractivity contribution in [3.05, 3.63) is 35.2 Å². The zero-order valence-corrected chi connectivity index (χ0v) is 11.7.